The number of nitrogens with one attached hydrogen (secondary N) is 2. The Morgan fingerprint density at radius 1 is 1.21 bits per heavy atom. The van der Waals surface area contributed by atoms with E-state index in [9.17, 15) is 9.59 Å². The number of hydrogen-bond donors (Lipinski definition) is 2. The van der Waals surface area contributed by atoms with E-state index in [0.717, 1.165) is 21.3 Å². The number of aryl methyl sites for hydroxylation is 2. The number of halogens is 1. The molecule has 1 heterocycles. The summed E-state index contributed by atoms with van der Waals surface area (Å²) < 4.78 is 2.82. The molecule has 7 nitrogen and oxygen atoms in total. The summed E-state index contributed by atoms with van der Waals surface area (Å²) in [6.45, 7) is 10.0. The maximum absolute atomic E-state index is 12.6. The lowest BCUT2D eigenvalue weighted by molar-refractivity contribution is -0.113. The summed E-state index contributed by atoms with van der Waals surface area (Å²) in [6.07, 6.45) is 1.73. The molecule has 0 aliphatic rings. The molecule has 0 spiro atoms. The molecule has 3 rings (SSSR count). The van der Waals surface area contributed by atoms with Crippen LogP contribution in [-0.2, 0) is 11.3 Å². The minimum atomic E-state index is -0.376. The van der Waals surface area contributed by atoms with Crippen molar-refractivity contribution >= 4 is 45.2 Å². The minimum absolute atomic E-state index is 0.138. The summed E-state index contributed by atoms with van der Waals surface area (Å²) in [5, 5.41) is 15.0. The van der Waals surface area contributed by atoms with E-state index in [4.69, 9.17) is 0 Å². The zero-order valence-corrected chi connectivity index (χ0v) is 21.2. The second kappa shape index (κ2) is 11.3. The lowest BCUT2D eigenvalue weighted by Gasteiger charge is -2.15. The van der Waals surface area contributed by atoms with Crippen LogP contribution in [0, 0.1) is 13.8 Å². The van der Waals surface area contributed by atoms with Gasteiger partial charge in [-0.15, -0.1) is 16.8 Å². The molecule has 33 heavy (non-hydrogen) atoms. The second-order valence-corrected chi connectivity index (χ2v) is 9.46. The average Bonchev–Trinajstić information content (AvgIpc) is 3.17. The molecule has 1 aromatic heterocycles. The number of allylic oxidation sites excluding steroid dienone is 1. The Kier molecular flexibility index (Phi) is 8.46. The highest BCUT2D eigenvalue weighted by Crippen LogP contribution is 2.23. The molecule has 9 heteroatoms. The summed E-state index contributed by atoms with van der Waals surface area (Å²) in [6, 6.07) is 12.7. The number of carbonyl (C=O) groups is 2. The molecule has 0 radical (unpaired) electrons. The molecule has 0 aliphatic heterocycles. The zero-order chi connectivity index (χ0) is 24.0. The minimum Gasteiger partial charge on any atom is -0.342 e. The maximum atomic E-state index is 12.6. The van der Waals surface area contributed by atoms with Gasteiger partial charge in [-0.1, -0.05) is 51.5 Å². The van der Waals surface area contributed by atoms with E-state index in [1.54, 1.807) is 12.1 Å². The fourth-order valence-electron chi connectivity index (χ4n) is 3.24. The normalized spacial score (nSPS) is 11.6. The van der Waals surface area contributed by atoms with E-state index in [2.05, 4.69) is 43.3 Å². The van der Waals surface area contributed by atoms with Gasteiger partial charge in [-0.2, -0.15) is 0 Å². The SMILES string of the molecule is C=CCn1c(SCC(=O)Nc2ccc(Br)cc2C)nnc1[C@@H](C)NC(=O)c1cccc(C)c1. The first-order chi connectivity index (χ1) is 15.8. The number of benzene rings is 2. The summed E-state index contributed by atoms with van der Waals surface area (Å²) in [7, 11) is 0. The first-order valence-electron chi connectivity index (χ1n) is 10.4. The molecule has 0 aliphatic carbocycles. The number of thioether (sulfide) groups is 1. The molecule has 2 amide bonds. The van der Waals surface area contributed by atoms with Gasteiger partial charge in [0.25, 0.3) is 5.91 Å². The monoisotopic (exact) mass is 527 g/mol. The number of anilines is 1. The average molecular weight is 528 g/mol. The van der Waals surface area contributed by atoms with Gasteiger partial charge in [-0.3, -0.25) is 9.59 Å². The van der Waals surface area contributed by atoms with Gasteiger partial charge in [0.2, 0.25) is 5.91 Å². The molecule has 2 N–H and O–H groups in total. The summed E-state index contributed by atoms with van der Waals surface area (Å²) in [5.41, 5.74) is 3.34. The van der Waals surface area contributed by atoms with E-state index >= 15 is 0 Å². The van der Waals surface area contributed by atoms with Crippen LogP contribution in [0.25, 0.3) is 0 Å². The molecule has 1 atom stereocenters. The predicted molar refractivity (Wildman–Crippen MR) is 136 cm³/mol. The zero-order valence-electron chi connectivity index (χ0n) is 18.8. The molecule has 0 fully saturated rings. The number of hydrogen-bond acceptors (Lipinski definition) is 5. The van der Waals surface area contributed by atoms with Gasteiger partial charge in [0.15, 0.2) is 11.0 Å². The third kappa shape index (κ3) is 6.55. The number of rotatable bonds is 9. The molecule has 2 aromatic carbocycles. The van der Waals surface area contributed by atoms with Crippen molar-refractivity contribution in [2.45, 2.75) is 38.5 Å². The van der Waals surface area contributed by atoms with Crippen molar-refractivity contribution in [2.75, 3.05) is 11.1 Å². The van der Waals surface area contributed by atoms with Crippen molar-refractivity contribution in [1.29, 1.82) is 0 Å². The van der Waals surface area contributed by atoms with E-state index < -0.39 is 0 Å². The maximum Gasteiger partial charge on any atom is 0.251 e. The number of nitrogens with zero attached hydrogens (tertiary/aromatic N) is 3. The Bertz CT molecular complexity index is 1180. The summed E-state index contributed by atoms with van der Waals surface area (Å²) in [5.74, 6) is 0.454. The van der Waals surface area contributed by atoms with Crippen LogP contribution in [0.1, 0.15) is 40.3 Å². The van der Waals surface area contributed by atoms with Gasteiger partial charge in [0.1, 0.15) is 0 Å². The first kappa shape index (κ1) is 24.7. The Hall–Kier alpha value is -2.91. The highest BCUT2D eigenvalue weighted by Gasteiger charge is 2.20. The van der Waals surface area contributed by atoms with E-state index in [1.807, 2.05) is 61.7 Å². The van der Waals surface area contributed by atoms with Crippen molar-refractivity contribution in [3.05, 3.63) is 82.1 Å². The van der Waals surface area contributed by atoms with Crippen LogP contribution in [0.3, 0.4) is 0 Å². The van der Waals surface area contributed by atoms with Gasteiger partial charge in [-0.25, -0.2) is 0 Å². The Balaban J connectivity index is 1.67. The van der Waals surface area contributed by atoms with Crippen LogP contribution in [0.2, 0.25) is 0 Å². The topological polar surface area (TPSA) is 88.9 Å². The lowest BCUT2D eigenvalue weighted by atomic mass is 10.1. The van der Waals surface area contributed by atoms with Gasteiger partial charge >= 0.3 is 0 Å². The highest BCUT2D eigenvalue weighted by atomic mass is 79.9. The fraction of sp³-hybridized carbons (Fsp3) is 0.250. The quantitative estimate of drug-likeness (QED) is 0.299. The Labute approximate surface area is 206 Å². The molecular formula is C24H26BrN5O2S. The number of carbonyl (C=O) groups excluding carboxylic acids is 2. The first-order valence-corrected chi connectivity index (χ1v) is 12.2. The van der Waals surface area contributed by atoms with Crippen LogP contribution in [0.4, 0.5) is 5.69 Å². The van der Waals surface area contributed by atoms with Crippen molar-refractivity contribution in [3.63, 3.8) is 0 Å². The van der Waals surface area contributed by atoms with Gasteiger partial charge in [-0.05, 0) is 56.7 Å². The highest BCUT2D eigenvalue weighted by molar-refractivity contribution is 9.10. The van der Waals surface area contributed by atoms with E-state index in [-0.39, 0.29) is 23.6 Å². The van der Waals surface area contributed by atoms with Crippen molar-refractivity contribution in [2.24, 2.45) is 0 Å². The molecule has 172 valence electrons. The predicted octanol–water partition coefficient (Wildman–Crippen LogP) is 5.07. The van der Waals surface area contributed by atoms with Crippen molar-refractivity contribution in [3.8, 4) is 0 Å². The standard InChI is InChI=1S/C24H26BrN5O2S/c1-5-11-30-22(17(4)26-23(32)18-8-6-7-15(2)12-18)28-29-24(30)33-14-21(31)27-20-10-9-19(25)13-16(20)3/h5-10,12-13,17H,1,11,14H2,2-4H3,(H,26,32)(H,27,31)/t17-/m1/s1. The van der Waals surface area contributed by atoms with Gasteiger partial charge in [0, 0.05) is 22.3 Å². The van der Waals surface area contributed by atoms with E-state index in [1.165, 1.54) is 11.8 Å². The van der Waals surface area contributed by atoms with Crippen LogP contribution < -0.4 is 10.6 Å². The van der Waals surface area contributed by atoms with Crippen LogP contribution >= 0.6 is 27.7 Å². The summed E-state index contributed by atoms with van der Waals surface area (Å²) >= 11 is 4.71. The lowest BCUT2D eigenvalue weighted by Crippen LogP contribution is -2.29. The van der Waals surface area contributed by atoms with Crippen LogP contribution in [0.5, 0.6) is 0 Å². The van der Waals surface area contributed by atoms with Gasteiger partial charge < -0.3 is 15.2 Å². The summed E-state index contributed by atoms with van der Waals surface area (Å²) in [4.78, 5) is 25.1. The Morgan fingerprint density at radius 2 is 2.00 bits per heavy atom. The van der Waals surface area contributed by atoms with Crippen LogP contribution in [0.15, 0.2) is 64.7 Å². The van der Waals surface area contributed by atoms with Crippen LogP contribution in [-0.4, -0.2) is 32.3 Å². The molecule has 0 saturated heterocycles. The third-order valence-electron chi connectivity index (χ3n) is 4.87. The number of aromatic nitrogens is 3. The smallest absolute Gasteiger partial charge is 0.251 e. The van der Waals surface area contributed by atoms with Crippen molar-refractivity contribution < 1.29 is 9.59 Å². The molecular weight excluding hydrogens is 502 g/mol. The number of amides is 2. The largest absolute Gasteiger partial charge is 0.342 e. The Morgan fingerprint density at radius 3 is 2.70 bits per heavy atom. The second-order valence-electron chi connectivity index (χ2n) is 7.60. The molecule has 0 bridgehead atoms. The van der Waals surface area contributed by atoms with Crippen molar-refractivity contribution in [1.82, 2.24) is 20.1 Å². The van der Waals surface area contributed by atoms with Gasteiger partial charge in [0.05, 0.1) is 11.8 Å². The molecule has 0 saturated carbocycles. The molecule has 0 unspecified atom stereocenters. The molecule has 3 aromatic rings. The fourth-order valence-corrected chi connectivity index (χ4v) is 4.47. The third-order valence-corrected chi connectivity index (χ3v) is 6.33. The van der Waals surface area contributed by atoms with E-state index in [0.29, 0.717) is 23.1 Å².